The van der Waals surface area contributed by atoms with Crippen LogP contribution in [-0.2, 0) is 6.54 Å². The van der Waals surface area contributed by atoms with E-state index in [-0.39, 0.29) is 6.10 Å². The van der Waals surface area contributed by atoms with Crippen LogP contribution in [0.2, 0.25) is 0 Å². The summed E-state index contributed by atoms with van der Waals surface area (Å²) in [5.74, 6) is 0. The van der Waals surface area contributed by atoms with Crippen LogP contribution in [0.25, 0.3) is 0 Å². The van der Waals surface area contributed by atoms with Crippen LogP contribution >= 0.6 is 0 Å². The topological polar surface area (TPSA) is 58.0 Å². The molecule has 1 aromatic rings. The van der Waals surface area contributed by atoms with Crippen LogP contribution in [0.15, 0.2) is 18.6 Å². The molecule has 72 valence electrons. The van der Waals surface area contributed by atoms with E-state index in [1.165, 1.54) is 6.33 Å². The Morgan fingerprint density at radius 3 is 3.08 bits per heavy atom. The Kier molecular flexibility index (Phi) is 4.35. The summed E-state index contributed by atoms with van der Waals surface area (Å²) in [6, 6.07) is 1.87. The Labute approximate surface area is 78.0 Å². The number of aromatic nitrogens is 2. The first kappa shape index (κ1) is 10.1. The van der Waals surface area contributed by atoms with Gasteiger partial charge in [0.1, 0.15) is 6.33 Å². The van der Waals surface area contributed by atoms with Crippen molar-refractivity contribution in [3.63, 3.8) is 0 Å². The lowest BCUT2D eigenvalue weighted by Crippen LogP contribution is -2.19. The zero-order valence-electron chi connectivity index (χ0n) is 7.77. The molecule has 4 heteroatoms. The first-order chi connectivity index (χ1) is 6.29. The van der Waals surface area contributed by atoms with Crippen LogP contribution in [0.4, 0.5) is 0 Å². The summed E-state index contributed by atoms with van der Waals surface area (Å²) in [5.41, 5.74) is 0.973. The Morgan fingerprint density at radius 1 is 1.62 bits per heavy atom. The van der Waals surface area contributed by atoms with E-state index in [2.05, 4.69) is 15.3 Å². The normalized spacial score (nSPS) is 12.8. The van der Waals surface area contributed by atoms with Crippen LogP contribution in [0.1, 0.15) is 19.0 Å². The fourth-order valence-corrected chi connectivity index (χ4v) is 0.950. The third-order valence-electron chi connectivity index (χ3n) is 1.69. The maximum atomic E-state index is 8.98. The molecule has 1 aromatic heterocycles. The molecule has 1 unspecified atom stereocenters. The van der Waals surface area contributed by atoms with Crippen molar-refractivity contribution >= 4 is 0 Å². The largest absolute Gasteiger partial charge is 0.393 e. The minimum absolute atomic E-state index is 0.238. The van der Waals surface area contributed by atoms with Crippen molar-refractivity contribution in [1.29, 1.82) is 0 Å². The lowest BCUT2D eigenvalue weighted by atomic mass is 10.3. The highest BCUT2D eigenvalue weighted by Crippen LogP contribution is 1.91. The molecule has 0 fully saturated rings. The maximum absolute atomic E-state index is 8.98. The lowest BCUT2D eigenvalue weighted by Gasteiger charge is -2.05. The molecule has 1 rings (SSSR count). The van der Waals surface area contributed by atoms with Crippen molar-refractivity contribution in [3.05, 3.63) is 24.3 Å². The second-order valence-corrected chi connectivity index (χ2v) is 3.02. The van der Waals surface area contributed by atoms with Crippen molar-refractivity contribution in [2.45, 2.75) is 26.0 Å². The van der Waals surface area contributed by atoms with Crippen molar-refractivity contribution < 1.29 is 5.11 Å². The maximum Gasteiger partial charge on any atom is 0.115 e. The van der Waals surface area contributed by atoms with E-state index in [4.69, 9.17) is 5.11 Å². The average Bonchev–Trinajstić information content (AvgIpc) is 2.14. The Bertz CT molecular complexity index is 226. The van der Waals surface area contributed by atoms with Crippen LogP contribution in [-0.4, -0.2) is 27.7 Å². The Hall–Kier alpha value is -1.00. The minimum atomic E-state index is -0.238. The van der Waals surface area contributed by atoms with Gasteiger partial charge in [-0.25, -0.2) is 9.97 Å². The summed E-state index contributed by atoms with van der Waals surface area (Å²) in [6.07, 6.45) is 3.79. The van der Waals surface area contributed by atoms with Gasteiger partial charge in [-0.1, -0.05) is 0 Å². The standard InChI is InChI=1S/C9H15N3O/c1-8(13)2-4-10-6-9-3-5-11-7-12-9/h3,5,7-8,10,13H,2,4,6H2,1H3. The molecule has 2 N–H and O–H groups in total. The van der Waals surface area contributed by atoms with Gasteiger partial charge in [0.05, 0.1) is 11.8 Å². The molecule has 1 heterocycles. The molecule has 0 aliphatic rings. The quantitative estimate of drug-likeness (QED) is 0.643. The number of nitrogens with one attached hydrogen (secondary N) is 1. The van der Waals surface area contributed by atoms with Crippen LogP contribution < -0.4 is 5.32 Å². The SMILES string of the molecule is CC(O)CCNCc1ccncn1. The molecule has 0 aliphatic heterocycles. The van der Waals surface area contributed by atoms with Gasteiger partial charge < -0.3 is 10.4 Å². The predicted octanol–water partition coefficient (Wildman–Crippen LogP) is 0.337. The summed E-state index contributed by atoms with van der Waals surface area (Å²) in [6.45, 7) is 3.32. The fraction of sp³-hybridized carbons (Fsp3) is 0.556. The molecule has 13 heavy (non-hydrogen) atoms. The Balaban J connectivity index is 2.13. The number of nitrogens with zero attached hydrogens (tertiary/aromatic N) is 2. The first-order valence-corrected chi connectivity index (χ1v) is 4.42. The summed E-state index contributed by atoms with van der Waals surface area (Å²) >= 11 is 0. The van der Waals surface area contributed by atoms with Crippen molar-refractivity contribution in [3.8, 4) is 0 Å². The van der Waals surface area contributed by atoms with Gasteiger partial charge in [-0.3, -0.25) is 0 Å². The molecule has 0 aromatic carbocycles. The average molecular weight is 181 g/mol. The van der Waals surface area contributed by atoms with Gasteiger partial charge in [0.2, 0.25) is 0 Å². The second-order valence-electron chi connectivity index (χ2n) is 3.02. The van der Waals surface area contributed by atoms with E-state index in [9.17, 15) is 0 Å². The van der Waals surface area contributed by atoms with E-state index in [0.29, 0.717) is 0 Å². The number of aliphatic hydroxyl groups excluding tert-OH is 1. The number of rotatable bonds is 5. The molecule has 0 aliphatic carbocycles. The zero-order valence-corrected chi connectivity index (χ0v) is 7.77. The highest BCUT2D eigenvalue weighted by molar-refractivity contribution is 4.96. The van der Waals surface area contributed by atoms with Gasteiger partial charge in [-0.05, 0) is 26.0 Å². The fourth-order valence-electron chi connectivity index (χ4n) is 0.950. The van der Waals surface area contributed by atoms with Gasteiger partial charge in [0, 0.05) is 12.7 Å². The van der Waals surface area contributed by atoms with E-state index < -0.39 is 0 Å². The van der Waals surface area contributed by atoms with Gasteiger partial charge in [-0.15, -0.1) is 0 Å². The molecule has 0 saturated carbocycles. The Morgan fingerprint density at radius 2 is 2.46 bits per heavy atom. The molecular formula is C9H15N3O. The summed E-state index contributed by atoms with van der Waals surface area (Å²) in [4.78, 5) is 7.88. The molecule has 0 saturated heterocycles. The highest BCUT2D eigenvalue weighted by Gasteiger charge is 1.95. The van der Waals surface area contributed by atoms with Crippen LogP contribution in [0.5, 0.6) is 0 Å². The van der Waals surface area contributed by atoms with Gasteiger partial charge >= 0.3 is 0 Å². The number of aliphatic hydroxyl groups is 1. The number of hydrogen-bond acceptors (Lipinski definition) is 4. The molecule has 0 bridgehead atoms. The molecular weight excluding hydrogens is 166 g/mol. The monoisotopic (exact) mass is 181 g/mol. The zero-order chi connectivity index (χ0) is 9.52. The third-order valence-corrected chi connectivity index (χ3v) is 1.69. The van der Waals surface area contributed by atoms with Crippen molar-refractivity contribution in [1.82, 2.24) is 15.3 Å². The third kappa shape index (κ3) is 4.55. The molecule has 0 spiro atoms. The number of hydrogen-bond donors (Lipinski definition) is 2. The highest BCUT2D eigenvalue weighted by atomic mass is 16.3. The lowest BCUT2D eigenvalue weighted by molar-refractivity contribution is 0.183. The summed E-state index contributed by atoms with van der Waals surface area (Å²) in [5, 5.41) is 12.2. The molecule has 1 atom stereocenters. The van der Waals surface area contributed by atoms with Gasteiger partial charge in [0.15, 0.2) is 0 Å². The van der Waals surface area contributed by atoms with E-state index in [1.54, 1.807) is 13.1 Å². The smallest absolute Gasteiger partial charge is 0.115 e. The summed E-state index contributed by atoms with van der Waals surface area (Å²) in [7, 11) is 0. The van der Waals surface area contributed by atoms with Crippen molar-refractivity contribution in [2.75, 3.05) is 6.54 Å². The van der Waals surface area contributed by atoms with Crippen LogP contribution in [0.3, 0.4) is 0 Å². The van der Waals surface area contributed by atoms with E-state index in [1.807, 2.05) is 6.07 Å². The van der Waals surface area contributed by atoms with E-state index in [0.717, 1.165) is 25.2 Å². The minimum Gasteiger partial charge on any atom is -0.393 e. The van der Waals surface area contributed by atoms with Crippen LogP contribution in [0, 0.1) is 0 Å². The van der Waals surface area contributed by atoms with Gasteiger partial charge in [0.25, 0.3) is 0 Å². The molecule has 0 amide bonds. The van der Waals surface area contributed by atoms with E-state index >= 15 is 0 Å². The molecule has 0 radical (unpaired) electrons. The summed E-state index contributed by atoms with van der Waals surface area (Å²) < 4.78 is 0. The second kappa shape index (κ2) is 5.61. The predicted molar refractivity (Wildman–Crippen MR) is 50.0 cm³/mol. The molecule has 4 nitrogen and oxygen atoms in total. The van der Waals surface area contributed by atoms with Crippen molar-refractivity contribution in [2.24, 2.45) is 0 Å². The first-order valence-electron chi connectivity index (χ1n) is 4.42. The van der Waals surface area contributed by atoms with Gasteiger partial charge in [-0.2, -0.15) is 0 Å².